The highest BCUT2D eigenvalue weighted by Crippen LogP contribution is 2.44. The van der Waals surface area contributed by atoms with E-state index in [1.807, 2.05) is 0 Å². The zero-order chi connectivity index (χ0) is 23.4. The van der Waals surface area contributed by atoms with E-state index in [0.29, 0.717) is 24.9 Å². The lowest BCUT2D eigenvalue weighted by Crippen LogP contribution is -2.52. The molecule has 2 saturated carbocycles. The summed E-state index contributed by atoms with van der Waals surface area (Å²) in [6.45, 7) is 0.322. The zero-order valence-corrected chi connectivity index (χ0v) is 18.5. The Morgan fingerprint density at radius 2 is 1.76 bits per heavy atom. The molecule has 2 amide bonds. The second-order valence-electron chi connectivity index (χ2n) is 9.28. The molecular weight excluding hydrogens is 426 g/mol. The minimum Gasteiger partial charge on any atom is -0.354 e. The second kappa shape index (κ2) is 9.95. The highest BCUT2D eigenvalue weighted by Gasteiger charge is 2.46. The van der Waals surface area contributed by atoms with E-state index in [2.05, 4.69) is 15.6 Å². The first-order chi connectivity index (χ1) is 15.9. The van der Waals surface area contributed by atoms with E-state index in [4.69, 9.17) is 5.73 Å². The molecular formula is C25H30F2N4O2. The van der Waals surface area contributed by atoms with Crippen LogP contribution < -0.4 is 16.4 Å². The van der Waals surface area contributed by atoms with Crippen molar-refractivity contribution in [3.05, 3.63) is 59.9 Å². The average Bonchev–Trinajstić information content (AvgIpc) is 2.80. The average molecular weight is 457 g/mol. The van der Waals surface area contributed by atoms with Crippen LogP contribution in [0.4, 0.5) is 14.5 Å². The number of nitrogens with one attached hydrogen (secondary N) is 2. The first-order valence-corrected chi connectivity index (χ1v) is 11.6. The van der Waals surface area contributed by atoms with E-state index in [-0.39, 0.29) is 29.7 Å². The van der Waals surface area contributed by atoms with Crippen LogP contribution in [0.25, 0.3) is 0 Å². The van der Waals surface area contributed by atoms with Gasteiger partial charge in [-0.05, 0) is 74.3 Å². The standard InChI is InChI=1S/C25H30F2N4O2/c26-20-7-6-18(14-21(20)27)25(10-1-11-25)24(33)30-15-22(28)16-2-4-17(5-3-16)23(32)31-19-8-12-29-13-9-19/h6-9,12-14,16-17,22H,1-5,10-11,15,28H2,(H,30,33)(H,29,31,32). The highest BCUT2D eigenvalue weighted by molar-refractivity contribution is 5.92. The Bertz CT molecular complexity index is 989. The molecule has 1 atom stereocenters. The van der Waals surface area contributed by atoms with Crippen LogP contribution in [0.1, 0.15) is 50.5 Å². The molecule has 2 aromatic rings. The van der Waals surface area contributed by atoms with Gasteiger partial charge < -0.3 is 16.4 Å². The number of nitrogens with two attached hydrogens (primary N) is 1. The fourth-order valence-electron chi connectivity index (χ4n) is 5.01. The summed E-state index contributed by atoms with van der Waals surface area (Å²) in [5.41, 5.74) is 6.84. The third-order valence-corrected chi connectivity index (χ3v) is 7.31. The number of nitrogens with zero attached hydrogens (tertiary/aromatic N) is 1. The zero-order valence-electron chi connectivity index (χ0n) is 18.5. The van der Waals surface area contributed by atoms with Crippen molar-refractivity contribution in [2.24, 2.45) is 17.6 Å². The fraction of sp³-hybridized carbons (Fsp3) is 0.480. The number of halogens is 2. The largest absolute Gasteiger partial charge is 0.354 e. The van der Waals surface area contributed by atoms with E-state index in [1.165, 1.54) is 6.07 Å². The number of hydrogen-bond donors (Lipinski definition) is 3. The van der Waals surface area contributed by atoms with Gasteiger partial charge in [-0.15, -0.1) is 0 Å². The number of carbonyl (C=O) groups excluding carboxylic acids is 2. The van der Waals surface area contributed by atoms with E-state index in [9.17, 15) is 18.4 Å². The second-order valence-corrected chi connectivity index (χ2v) is 9.28. The number of amides is 2. The molecule has 4 rings (SSSR count). The van der Waals surface area contributed by atoms with Crippen molar-refractivity contribution < 1.29 is 18.4 Å². The maximum atomic E-state index is 13.7. The van der Waals surface area contributed by atoms with Crippen molar-refractivity contribution in [1.29, 1.82) is 0 Å². The summed E-state index contributed by atoms with van der Waals surface area (Å²) in [5, 5.41) is 5.89. The van der Waals surface area contributed by atoms with Gasteiger partial charge in [0.15, 0.2) is 11.6 Å². The smallest absolute Gasteiger partial charge is 0.230 e. The summed E-state index contributed by atoms with van der Waals surface area (Å²) >= 11 is 0. The van der Waals surface area contributed by atoms with Gasteiger partial charge in [-0.1, -0.05) is 12.5 Å². The summed E-state index contributed by atoms with van der Waals surface area (Å²) in [6.07, 6.45) is 8.50. The van der Waals surface area contributed by atoms with Crippen LogP contribution in [0.5, 0.6) is 0 Å². The Morgan fingerprint density at radius 3 is 2.36 bits per heavy atom. The molecule has 176 valence electrons. The molecule has 8 heteroatoms. The van der Waals surface area contributed by atoms with Crippen LogP contribution in [0.15, 0.2) is 42.7 Å². The molecule has 4 N–H and O–H groups in total. The van der Waals surface area contributed by atoms with Gasteiger partial charge in [-0.2, -0.15) is 0 Å². The summed E-state index contributed by atoms with van der Waals surface area (Å²) in [7, 11) is 0. The molecule has 1 heterocycles. The summed E-state index contributed by atoms with van der Waals surface area (Å²) in [4.78, 5) is 29.5. The predicted molar refractivity (Wildman–Crippen MR) is 121 cm³/mol. The maximum Gasteiger partial charge on any atom is 0.230 e. The van der Waals surface area contributed by atoms with Gasteiger partial charge in [0.05, 0.1) is 5.41 Å². The number of rotatable bonds is 7. The van der Waals surface area contributed by atoms with Crippen LogP contribution >= 0.6 is 0 Å². The quantitative estimate of drug-likeness (QED) is 0.592. The molecule has 6 nitrogen and oxygen atoms in total. The van der Waals surface area contributed by atoms with Gasteiger partial charge in [-0.25, -0.2) is 8.78 Å². The van der Waals surface area contributed by atoms with Gasteiger partial charge in [0, 0.05) is 36.6 Å². The first kappa shape index (κ1) is 23.3. The highest BCUT2D eigenvalue weighted by atomic mass is 19.2. The lowest BCUT2D eigenvalue weighted by atomic mass is 9.63. The van der Waals surface area contributed by atoms with Crippen molar-refractivity contribution in [3.8, 4) is 0 Å². The third-order valence-electron chi connectivity index (χ3n) is 7.31. The van der Waals surface area contributed by atoms with Crippen LogP contribution in [-0.2, 0) is 15.0 Å². The maximum absolute atomic E-state index is 13.7. The Hall–Kier alpha value is -2.87. The van der Waals surface area contributed by atoms with Crippen LogP contribution in [0, 0.1) is 23.5 Å². The Labute approximate surface area is 192 Å². The van der Waals surface area contributed by atoms with Crippen molar-refractivity contribution in [3.63, 3.8) is 0 Å². The number of hydrogen-bond acceptors (Lipinski definition) is 4. The van der Waals surface area contributed by atoms with Crippen molar-refractivity contribution in [1.82, 2.24) is 10.3 Å². The molecule has 33 heavy (non-hydrogen) atoms. The normalized spacial score (nSPS) is 22.6. The molecule has 1 aromatic heterocycles. The first-order valence-electron chi connectivity index (χ1n) is 11.6. The molecule has 0 aliphatic heterocycles. The van der Waals surface area contributed by atoms with E-state index >= 15 is 0 Å². The van der Waals surface area contributed by atoms with Crippen molar-refractivity contribution in [2.45, 2.75) is 56.4 Å². The van der Waals surface area contributed by atoms with Gasteiger partial charge >= 0.3 is 0 Å². The number of pyridine rings is 1. The Balaban J connectivity index is 1.27. The van der Waals surface area contributed by atoms with Crippen LogP contribution in [0.3, 0.4) is 0 Å². The third kappa shape index (κ3) is 5.05. The number of benzene rings is 1. The summed E-state index contributed by atoms with van der Waals surface area (Å²) in [6, 6.07) is 7.00. The van der Waals surface area contributed by atoms with Gasteiger partial charge in [0.1, 0.15) is 0 Å². The predicted octanol–water partition coefficient (Wildman–Crippen LogP) is 3.67. The SMILES string of the molecule is NC(CNC(=O)C1(c2ccc(F)c(F)c2)CCC1)C1CCC(C(=O)Nc2ccncc2)CC1. The summed E-state index contributed by atoms with van der Waals surface area (Å²) < 4.78 is 27.1. The topological polar surface area (TPSA) is 97.1 Å². The molecule has 1 unspecified atom stereocenters. The Kier molecular flexibility index (Phi) is 7.02. The number of aromatic nitrogens is 1. The minimum atomic E-state index is -0.937. The van der Waals surface area contributed by atoms with Gasteiger partial charge in [-0.3, -0.25) is 14.6 Å². The minimum absolute atomic E-state index is 0.0139. The van der Waals surface area contributed by atoms with Gasteiger partial charge in [0.2, 0.25) is 11.8 Å². The lowest BCUT2D eigenvalue weighted by Gasteiger charge is -2.41. The van der Waals surface area contributed by atoms with Crippen LogP contribution in [0.2, 0.25) is 0 Å². The number of carbonyl (C=O) groups is 2. The van der Waals surface area contributed by atoms with E-state index in [0.717, 1.165) is 49.9 Å². The molecule has 2 aliphatic carbocycles. The van der Waals surface area contributed by atoms with Gasteiger partial charge in [0.25, 0.3) is 0 Å². The van der Waals surface area contributed by atoms with E-state index in [1.54, 1.807) is 24.5 Å². The molecule has 2 fully saturated rings. The molecule has 0 radical (unpaired) electrons. The van der Waals surface area contributed by atoms with Crippen molar-refractivity contribution in [2.75, 3.05) is 11.9 Å². The molecule has 0 spiro atoms. The van der Waals surface area contributed by atoms with E-state index < -0.39 is 17.0 Å². The molecule has 0 saturated heterocycles. The summed E-state index contributed by atoms with van der Waals surface area (Å²) in [5.74, 6) is -1.85. The van der Waals surface area contributed by atoms with Crippen LogP contribution in [-0.4, -0.2) is 29.4 Å². The monoisotopic (exact) mass is 456 g/mol. The molecule has 2 aliphatic rings. The van der Waals surface area contributed by atoms with Crippen molar-refractivity contribution >= 4 is 17.5 Å². The molecule has 0 bridgehead atoms. The Morgan fingerprint density at radius 1 is 1.06 bits per heavy atom. The fourth-order valence-corrected chi connectivity index (χ4v) is 5.01. The molecule has 1 aromatic carbocycles. The lowest BCUT2D eigenvalue weighted by molar-refractivity contribution is -0.130. The number of anilines is 1.